The Bertz CT molecular complexity index is 1020. The van der Waals surface area contributed by atoms with E-state index in [1.807, 2.05) is 36.4 Å². The summed E-state index contributed by atoms with van der Waals surface area (Å²) in [6, 6.07) is 13.4. The average Bonchev–Trinajstić information content (AvgIpc) is 2.72. The third-order valence-electron chi connectivity index (χ3n) is 5.27. The molecule has 1 fully saturated rings. The van der Waals surface area contributed by atoms with Gasteiger partial charge in [0.05, 0.1) is 18.8 Å². The van der Waals surface area contributed by atoms with Crippen LogP contribution in [0.1, 0.15) is 24.5 Å². The molecular formula is C23H25NO4. The summed E-state index contributed by atoms with van der Waals surface area (Å²) < 4.78 is 11.1. The van der Waals surface area contributed by atoms with Gasteiger partial charge in [0.1, 0.15) is 11.3 Å². The van der Waals surface area contributed by atoms with Gasteiger partial charge in [-0.15, -0.1) is 0 Å². The lowest BCUT2D eigenvalue weighted by Gasteiger charge is -2.27. The standard InChI is InChI=1S/C23H25NO4/c1-2-6-17-13-19-18(16-7-4-3-5-8-16)14-21(25)28-23(19)20(22(17)26)15-24-9-11-27-12-10-24/h3-5,7-8,13-14,26H,2,6,9-12,15H2,1H3. The molecule has 0 radical (unpaired) electrons. The molecule has 1 saturated heterocycles. The van der Waals surface area contributed by atoms with E-state index in [-0.39, 0.29) is 5.75 Å². The van der Waals surface area contributed by atoms with Crippen LogP contribution in [-0.2, 0) is 17.7 Å². The van der Waals surface area contributed by atoms with Crippen LogP contribution < -0.4 is 5.63 Å². The predicted octanol–water partition coefficient (Wildman–Crippen LogP) is 3.95. The SMILES string of the molecule is CCCc1cc2c(-c3ccccc3)cc(=O)oc2c(CN2CCOCC2)c1O. The van der Waals surface area contributed by atoms with Gasteiger partial charge in [0.25, 0.3) is 0 Å². The molecule has 0 saturated carbocycles. The second-order valence-electron chi connectivity index (χ2n) is 7.22. The Morgan fingerprint density at radius 3 is 2.57 bits per heavy atom. The van der Waals surface area contributed by atoms with E-state index in [0.29, 0.717) is 30.9 Å². The Morgan fingerprint density at radius 1 is 1.11 bits per heavy atom. The molecule has 2 heterocycles. The van der Waals surface area contributed by atoms with Crippen molar-refractivity contribution in [1.29, 1.82) is 0 Å². The molecule has 4 rings (SSSR count). The Balaban J connectivity index is 1.94. The van der Waals surface area contributed by atoms with Gasteiger partial charge in [-0.2, -0.15) is 0 Å². The summed E-state index contributed by atoms with van der Waals surface area (Å²) in [6.07, 6.45) is 1.69. The van der Waals surface area contributed by atoms with E-state index in [1.54, 1.807) is 6.07 Å². The predicted molar refractivity (Wildman–Crippen MR) is 110 cm³/mol. The number of phenolic OH excluding ortho intramolecular Hbond substituents is 1. The maximum absolute atomic E-state index is 12.4. The van der Waals surface area contributed by atoms with E-state index in [1.165, 1.54) is 0 Å². The van der Waals surface area contributed by atoms with Crippen molar-refractivity contribution in [1.82, 2.24) is 4.90 Å². The van der Waals surface area contributed by atoms with Crippen LogP contribution in [0.4, 0.5) is 0 Å². The number of benzene rings is 2. The maximum Gasteiger partial charge on any atom is 0.336 e. The molecule has 0 atom stereocenters. The number of hydrogen-bond acceptors (Lipinski definition) is 5. The third kappa shape index (κ3) is 3.68. The van der Waals surface area contributed by atoms with E-state index in [9.17, 15) is 9.90 Å². The smallest absolute Gasteiger partial charge is 0.336 e. The Morgan fingerprint density at radius 2 is 1.86 bits per heavy atom. The normalized spacial score (nSPS) is 15.2. The molecule has 5 heteroatoms. The summed E-state index contributed by atoms with van der Waals surface area (Å²) in [7, 11) is 0. The van der Waals surface area contributed by atoms with Crippen LogP contribution in [0, 0.1) is 0 Å². The molecule has 28 heavy (non-hydrogen) atoms. The molecular weight excluding hydrogens is 354 g/mol. The first kappa shape index (κ1) is 18.7. The zero-order valence-corrected chi connectivity index (χ0v) is 16.1. The highest BCUT2D eigenvalue weighted by molar-refractivity contribution is 5.96. The summed E-state index contributed by atoms with van der Waals surface area (Å²) in [6.45, 7) is 5.56. The van der Waals surface area contributed by atoms with Gasteiger partial charge in [-0.05, 0) is 29.2 Å². The Hall–Kier alpha value is -2.63. The van der Waals surface area contributed by atoms with Crippen LogP contribution in [0.5, 0.6) is 5.75 Å². The first-order valence-electron chi connectivity index (χ1n) is 9.84. The van der Waals surface area contributed by atoms with Crippen molar-refractivity contribution in [3.05, 3.63) is 64.0 Å². The fourth-order valence-electron chi connectivity index (χ4n) is 3.86. The van der Waals surface area contributed by atoms with Crippen LogP contribution in [0.15, 0.2) is 51.7 Å². The number of fused-ring (bicyclic) bond motifs is 1. The highest BCUT2D eigenvalue weighted by Crippen LogP contribution is 2.37. The second kappa shape index (κ2) is 8.17. The molecule has 2 aromatic carbocycles. The molecule has 5 nitrogen and oxygen atoms in total. The zero-order chi connectivity index (χ0) is 19.5. The van der Waals surface area contributed by atoms with Crippen LogP contribution in [0.25, 0.3) is 22.1 Å². The second-order valence-corrected chi connectivity index (χ2v) is 7.22. The minimum absolute atomic E-state index is 0.245. The van der Waals surface area contributed by atoms with E-state index in [2.05, 4.69) is 11.8 Å². The first-order valence-corrected chi connectivity index (χ1v) is 9.84. The highest BCUT2D eigenvalue weighted by atomic mass is 16.5. The van der Waals surface area contributed by atoms with Gasteiger partial charge in [0.15, 0.2) is 0 Å². The molecule has 3 aromatic rings. The van der Waals surface area contributed by atoms with E-state index < -0.39 is 5.63 Å². The minimum atomic E-state index is -0.405. The Labute approximate surface area is 164 Å². The first-order chi connectivity index (χ1) is 13.7. The van der Waals surface area contributed by atoms with Gasteiger partial charge in [-0.25, -0.2) is 4.79 Å². The van der Waals surface area contributed by atoms with Crippen molar-refractivity contribution >= 4 is 11.0 Å². The quantitative estimate of drug-likeness (QED) is 0.680. The fraction of sp³-hybridized carbons (Fsp3) is 0.348. The minimum Gasteiger partial charge on any atom is -0.507 e. The van der Waals surface area contributed by atoms with Gasteiger partial charge in [0, 0.05) is 31.1 Å². The lowest BCUT2D eigenvalue weighted by molar-refractivity contribution is 0.0339. The molecule has 1 N–H and O–H groups in total. The molecule has 0 aliphatic carbocycles. The number of morpholine rings is 1. The molecule has 146 valence electrons. The molecule has 0 unspecified atom stereocenters. The van der Waals surface area contributed by atoms with Gasteiger partial charge < -0.3 is 14.3 Å². The number of aryl methyl sites for hydroxylation is 1. The van der Waals surface area contributed by atoms with Crippen molar-refractivity contribution in [3.63, 3.8) is 0 Å². The van der Waals surface area contributed by atoms with Crippen LogP contribution in [0.3, 0.4) is 0 Å². The van der Waals surface area contributed by atoms with Crippen LogP contribution in [-0.4, -0.2) is 36.3 Å². The van der Waals surface area contributed by atoms with Crippen molar-refractivity contribution in [2.75, 3.05) is 26.3 Å². The van der Waals surface area contributed by atoms with Crippen molar-refractivity contribution in [2.24, 2.45) is 0 Å². The average molecular weight is 379 g/mol. The van der Waals surface area contributed by atoms with Crippen LogP contribution in [0.2, 0.25) is 0 Å². The Kier molecular flexibility index (Phi) is 5.46. The summed E-state index contributed by atoms with van der Waals surface area (Å²) in [5, 5.41) is 11.9. The lowest BCUT2D eigenvalue weighted by atomic mass is 9.95. The van der Waals surface area contributed by atoms with Gasteiger partial charge in [-0.1, -0.05) is 43.7 Å². The number of nitrogens with zero attached hydrogens (tertiary/aromatic N) is 1. The maximum atomic E-state index is 12.4. The number of phenols is 1. The number of ether oxygens (including phenoxy) is 1. The molecule has 0 spiro atoms. The van der Waals surface area contributed by atoms with Crippen molar-refractivity contribution in [3.8, 4) is 16.9 Å². The number of hydrogen-bond donors (Lipinski definition) is 1. The van der Waals surface area contributed by atoms with E-state index in [4.69, 9.17) is 9.15 Å². The van der Waals surface area contributed by atoms with Gasteiger partial charge >= 0.3 is 5.63 Å². The van der Waals surface area contributed by atoms with Crippen molar-refractivity contribution < 1.29 is 14.3 Å². The monoisotopic (exact) mass is 379 g/mol. The lowest BCUT2D eigenvalue weighted by Crippen LogP contribution is -2.35. The fourth-order valence-corrected chi connectivity index (χ4v) is 3.86. The summed E-state index contributed by atoms with van der Waals surface area (Å²) >= 11 is 0. The number of aromatic hydroxyl groups is 1. The molecule has 1 aliphatic rings. The molecule has 0 bridgehead atoms. The molecule has 0 amide bonds. The third-order valence-corrected chi connectivity index (χ3v) is 5.27. The van der Waals surface area contributed by atoms with Crippen molar-refractivity contribution in [2.45, 2.75) is 26.3 Å². The topological polar surface area (TPSA) is 62.9 Å². The molecule has 1 aromatic heterocycles. The zero-order valence-electron chi connectivity index (χ0n) is 16.1. The largest absolute Gasteiger partial charge is 0.507 e. The number of rotatable bonds is 5. The van der Waals surface area contributed by atoms with Gasteiger partial charge in [0.2, 0.25) is 0 Å². The highest BCUT2D eigenvalue weighted by Gasteiger charge is 2.21. The summed E-state index contributed by atoms with van der Waals surface area (Å²) in [4.78, 5) is 14.6. The van der Waals surface area contributed by atoms with Gasteiger partial charge in [-0.3, -0.25) is 4.90 Å². The summed E-state index contributed by atoms with van der Waals surface area (Å²) in [5.41, 5.74) is 3.47. The summed E-state index contributed by atoms with van der Waals surface area (Å²) in [5.74, 6) is 0.245. The van der Waals surface area contributed by atoms with E-state index >= 15 is 0 Å². The van der Waals surface area contributed by atoms with Crippen LogP contribution >= 0.6 is 0 Å². The molecule has 1 aliphatic heterocycles. The van der Waals surface area contributed by atoms with E-state index in [0.717, 1.165) is 48.0 Å².